The van der Waals surface area contributed by atoms with Gasteiger partial charge in [-0.25, -0.2) is 0 Å². The maximum atomic E-state index is 12.2. The fourth-order valence-electron chi connectivity index (χ4n) is 3.04. The first kappa shape index (κ1) is 21.1. The van der Waals surface area contributed by atoms with E-state index in [4.69, 9.17) is 9.47 Å². The minimum absolute atomic E-state index is 0.0118. The van der Waals surface area contributed by atoms with Crippen LogP contribution in [0.15, 0.2) is 54.1 Å². The number of carboxylic acids is 1. The molecule has 1 heterocycles. The van der Waals surface area contributed by atoms with Crippen molar-refractivity contribution in [3.05, 3.63) is 70.8 Å². The van der Waals surface area contributed by atoms with E-state index in [1.165, 1.54) is 18.2 Å². The second kappa shape index (κ2) is 10.2. The van der Waals surface area contributed by atoms with Crippen LogP contribution in [0.5, 0.6) is 5.75 Å². The number of carboxylic acid groups (broad SMARTS) is 1. The number of rotatable bonds is 8. The molecule has 0 spiro atoms. The molecule has 1 N–H and O–H groups in total. The molecule has 1 fully saturated rings. The number of aromatic carboxylic acids is 1. The van der Waals surface area contributed by atoms with Crippen LogP contribution in [0.25, 0.3) is 6.08 Å². The van der Waals surface area contributed by atoms with Gasteiger partial charge in [0.1, 0.15) is 24.0 Å². The highest BCUT2D eigenvalue weighted by atomic mass is 16.5. The third kappa shape index (κ3) is 5.93. The standard InChI is InChI=1S/C23H22N2O5/c24-13-19(22(26)25-14-21-5-2-10-29-21)11-16-6-8-20(9-7-16)30-15-17-3-1-4-18(12-17)23(27)28/h1,3-4,6-9,11-12,21H,2,5,10,14-15H2,(H,25,26)(H,27,28)/p-1/b19-11+/t21-/m1/s1. The van der Waals surface area contributed by atoms with Crippen LogP contribution >= 0.6 is 0 Å². The Hall–Kier alpha value is -3.63. The first-order chi connectivity index (χ1) is 14.5. The zero-order valence-electron chi connectivity index (χ0n) is 16.3. The Morgan fingerprint density at radius 2 is 2.07 bits per heavy atom. The van der Waals surface area contributed by atoms with E-state index in [0.717, 1.165) is 12.8 Å². The molecule has 0 radical (unpaired) electrons. The summed E-state index contributed by atoms with van der Waals surface area (Å²) in [6.45, 7) is 1.30. The van der Waals surface area contributed by atoms with Gasteiger partial charge in [0.05, 0.1) is 12.1 Å². The lowest BCUT2D eigenvalue weighted by Crippen LogP contribution is -2.32. The number of hydrogen-bond donors (Lipinski definition) is 1. The van der Waals surface area contributed by atoms with E-state index in [0.29, 0.717) is 30.0 Å². The van der Waals surface area contributed by atoms with Crippen LogP contribution in [0.4, 0.5) is 0 Å². The Bertz CT molecular complexity index is 970. The molecule has 0 bridgehead atoms. The highest BCUT2D eigenvalue weighted by Crippen LogP contribution is 2.17. The first-order valence-electron chi connectivity index (χ1n) is 9.60. The lowest BCUT2D eigenvalue weighted by molar-refractivity contribution is -0.255. The molecule has 7 nitrogen and oxygen atoms in total. The van der Waals surface area contributed by atoms with Gasteiger partial charge in [0.15, 0.2) is 0 Å². The number of carbonyl (C=O) groups excluding carboxylic acids is 2. The zero-order valence-corrected chi connectivity index (χ0v) is 16.3. The third-order valence-electron chi connectivity index (χ3n) is 4.64. The molecule has 0 aliphatic carbocycles. The number of nitriles is 1. The van der Waals surface area contributed by atoms with Crippen molar-refractivity contribution in [2.75, 3.05) is 13.2 Å². The molecule has 7 heteroatoms. The summed E-state index contributed by atoms with van der Waals surface area (Å²) in [5.41, 5.74) is 1.50. The van der Waals surface area contributed by atoms with Crippen molar-refractivity contribution in [2.24, 2.45) is 0 Å². The summed E-state index contributed by atoms with van der Waals surface area (Å²) in [6.07, 6.45) is 3.42. The van der Waals surface area contributed by atoms with Crippen LogP contribution in [0.2, 0.25) is 0 Å². The molecule has 1 saturated heterocycles. The molecule has 0 aromatic heterocycles. The predicted octanol–water partition coefficient (Wildman–Crippen LogP) is 1.83. The molecule has 0 unspecified atom stereocenters. The van der Waals surface area contributed by atoms with E-state index >= 15 is 0 Å². The molecule has 2 aromatic carbocycles. The molecular formula is C23H21N2O5-. The van der Waals surface area contributed by atoms with Crippen LogP contribution in [0.3, 0.4) is 0 Å². The molecule has 1 aliphatic heterocycles. The van der Waals surface area contributed by atoms with Crippen molar-refractivity contribution in [2.45, 2.75) is 25.6 Å². The van der Waals surface area contributed by atoms with Gasteiger partial charge in [-0.15, -0.1) is 0 Å². The number of nitrogens with zero attached hydrogens (tertiary/aromatic N) is 1. The number of hydrogen-bond acceptors (Lipinski definition) is 6. The van der Waals surface area contributed by atoms with Crippen LogP contribution in [0, 0.1) is 11.3 Å². The molecule has 30 heavy (non-hydrogen) atoms. The Balaban J connectivity index is 1.57. The van der Waals surface area contributed by atoms with Crippen molar-refractivity contribution in [1.82, 2.24) is 5.32 Å². The third-order valence-corrected chi connectivity index (χ3v) is 4.64. The molecule has 0 saturated carbocycles. The summed E-state index contributed by atoms with van der Waals surface area (Å²) in [6, 6.07) is 15.2. The average Bonchev–Trinajstić information content (AvgIpc) is 3.29. The SMILES string of the molecule is N#C/C(=C\c1ccc(OCc2cccc(C(=O)[O-])c2)cc1)C(=O)NC[C@H]1CCCO1. The number of benzene rings is 2. The van der Waals surface area contributed by atoms with Crippen molar-refractivity contribution < 1.29 is 24.2 Å². The van der Waals surface area contributed by atoms with Crippen molar-refractivity contribution in [1.29, 1.82) is 5.26 Å². The first-order valence-corrected chi connectivity index (χ1v) is 9.60. The minimum atomic E-state index is -1.24. The average molecular weight is 405 g/mol. The summed E-state index contributed by atoms with van der Waals surface area (Å²) >= 11 is 0. The maximum Gasteiger partial charge on any atom is 0.262 e. The fraction of sp³-hybridized carbons (Fsp3) is 0.261. The summed E-state index contributed by atoms with van der Waals surface area (Å²) in [4.78, 5) is 23.1. The summed E-state index contributed by atoms with van der Waals surface area (Å²) in [7, 11) is 0. The van der Waals surface area contributed by atoms with E-state index < -0.39 is 11.9 Å². The Labute approximate surface area is 174 Å². The molecule has 2 aromatic rings. The van der Waals surface area contributed by atoms with Gasteiger partial charge in [0, 0.05) is 13.2 Å². The number of carbonyl (C=O) groups is 2. The lowest BCUT2D eigenvalue weighted by Gasteiger charge is -2.10. The van der Waals surface area contributed by atoms with E-state index in [1.807, 2.05) is 6.07 Å². The molecular weight excluding hydrogens is 384 g/mol. The van der Waals surface area contributed by atoms with Gasteiger partial charge in [-0.2, -0.15) is 5.26 Å². The monoisotopic (exact) mass is 405 g/mol. The number of nitrogens with one attached hydrogen (secondary N) is 1. The smallest absolute Gasteiger partial charge is 0.262 e. The van der Waals surface area contributed by atoms with Gasteiger partial charge < -0.3 is 24.7 Å². The fourth-order valence-corrected chi connectivity index (χ4v) is 3.04. The molecule has 1 aliphatic rings. The Morgan fingerprint density at radius 1 is 1.27 bits per heavy atom. The van der Waals surface area contributed by atoms with Gasteiger partial charge in [-0.05, 0) is 53.8 Å². The maximum absolute atomic E-state index is 12.2. The highest BCUT2D eigenvalue weighted by Gasteiger charge is 2.17. The summed E-state index contributed by atoms with van der Waals surface area (Å²) in [5, 5.41) is 22.9. The van der Waals surface area contributed by atoms with Crippen molar-refractivity contribution in [3.63, 3.8) is 0 Å². The van der Waals surface area contributed by atoms with Gasteiger partial charge in [0.25, 0.3) is 5.91 Å². The molecule has 3 rings (SSSR count). The van der Waals surface area contributed by atoms with Crippen LogP contribution < -0.4 is 15.2 Å². The summed E-state index contributed by atoms with van der Waals surface area (Å²) < 4.78 is 11.1. The van der Waals surface area contributed by atoms with E-state index in [2.05, 4.69) is 5.32 Å². The second-order valence-electron chi connectivity index (χ2n) is 6.86. The van der Waals surface area contributed by atoms with E-state index in [-0.39, 0.29) is 23.8 Å². The number of amides is 1. The molecule has 1 atom stereocenters. The quantitative estimate of drug-likeness (QED) is 0.530. The zero-order chi connectivity index (χ0) is 21.3. The lowest BCUT2D eigenvalue weighted by atomic mass is 10.1. The minimum Gasteiger partial charge on any atom is -0.545 e. The van der Waals surface area contributed by atoms with Gasteiger partial charge >= 0.3 is 0 Å². The summed E-state index contributed by atoms with van der Waals surface area (Å²) in [5.74, 6) is -1.09. The van der Waals surface area contributed by atoms with Gasteiger partial charge in [-0.1, -0.05) is 30.3 Å². The Kier molecular flexibility index (Phi) is 7.19. The second-order valence-corrected chi connectivity index (χ2v) is 6.86. The van der Waals surface area contributed by atoms with Crippen molar-refractivity contribution >= 4 is 18.0 Å². The Morgan fingerprint density at radius 3 is 2.73 bits per heavy atom. The predicted molar refractivity (Wildman–Crippen MR) is 107 cm³/mol. The van der Waals surface area contributed by atoms with Crippen LogP contribution in [-0.2, 0) is 16.1 Å². The van der Waals surface area contributed by atoms with Crippen LogP contribution in [-0.4, -0.2) is 31.1 Å². The number of ether oxygens (including phenoxy) is 2. The molecule has 154 valence electrons. The van der Waals surface area contributed by atoms with Crippen molar-refractivity contribution in [3.8, 4) is 11.8 Å². The normalized spacial score (nSPS) is 16.0. The highest BCUT2D eigenvalue weighted by molar-refractivity contribution is 6.01. The van der Waals surface area contributed by atoms with Gasteiger partial charge in [-0.3, -0.25) is 4.79 Å². The van der Waals surface area contributed by atoms with Gasteiger partial charge in [0.2, 0.25) is 0 Å². The van der Waals surface area contributed by atoms with E-state index in [1.54, 1.807) is 36.4 Å². The van der Waals surface area contributed by atoms with E-state index in [9.17, 15) is 20.0 Å². The largest absolute Gasteiger partial charge is 0.545 e. The van der Waals surface area contributed by atoms with Crippen LogP contribution in [0.1, 0.15) is 34.3 Å². The molecule has 1 amide bonds. The topological polar surface area (TPSA) is 111 Å².